The fourth-order valence-electron chi connectivity index (χ4n) is 2.98. The van der Waals surface area contributed by atoms with Gasteiger partial charge in [-0.1, -0.05) is 18.5 Å². The Morgan fingerprint density at radius 1 is 1.17 bits per heavy atom. The lowest BCUT2D eigenvalue weighted by molar-refractivity contribution is 0.415. The molecule has 1 aliphatic rings. The van der Waals surface area contributed by atoms with Crippen LogP contribution in [0.15, 0.2) is 42.5 Å². The molecule has 0 aliphatic carbocycles. The number of aromatic nitrogens is 3. The molecule has 4 rings (SSSR count). The van der Waals surface area contributed by atoms with Crippen LogP contribution in [0.25, 0.3) is 17.1 Å². The van der Waals surface area contributed by atoms with Crippen LogP contribution in [0.5, 0.6) is 5.75 Å². The van der Waals surface area contributed by atoms with E-state index in [0.29, 0.717) is 5.02 Å². The number of hydrogen-bond acceptors (Lipinski definition) is 4. The van der Waals surface area contributed by atoms with E-state index in [4.69, 9.17) is 16.3 Å². The van der Waals surface area contributed by atoms with Crippen LogP contribution in [-0.2, 0) is 0 Å². The number of anilines is 1. The predicted molar refractivity (Wildman–Crippen MR) is 95.3 cm³/mol. The molecule has 1 aliphatic heterocycles. The molecule has 0 fully saturated rings. The molecule has 3 aromatic rings. The molecule has 6 heteroatoms. The maximum atomic E-state index is 6.16. The molecule has 1 atom stereocenters. The molecule has 24 heavy (non-hydrogen) atoms. The second kappa shape index (κ2) is 5.83. The Hall–Kier alpha value is -2.53. The minimum atomic E-state index is 0.232. The first-order chi connectivity index (χ1) is 11.7. The Labute approximate surface area is 145 Å². The third kappa shape index (κ3) is 2.41. The van der Waals surface area contributed by atoms with Crippen LogP contribution in [0.2, 0.25) is 5.02 Å². The molecule has 5 nitrogen and oxygen atoms in total. The Kier molecular flexibility index (Phi) is 3.65. The number of ether oxygens (including phenoxy) is 1. The predicted octanol–water partition coefficient (Wildman–Crippen LogP) is 4.13. The van der Waals surface area contributed by atoms with Gasteiger partial charge < -0.3 is 10.1 Å². The molecule has 0 spiro atoms. The fourth-order valence-corrected chi connectivity index (χ4v) is 3.15. The average molecular weight is 341 g/mol. The van der Waals surface area contributed by atoms with Gasteiger partial charge in [0.15, 0.2) is 5.82 Å². The van der Waals surface area contributed by atoms with E-state index in [1.807, 2.05) is 42.5 Å². The van der Waals surface area contributed by atoms with Crippen molar-refractivity contribution in [2.75, 3.05) is 19.0 Å². The standard InChI is InChI=1S/C18H17ClN4O/c1-11-10-20-15-9-13(19)5-8-16(15)23-17(11)21-22-18(23)12-3-6-14(24-2)7-4-12/h3-9,11,20H,10H2,1-2H3/t11-/m0/s1. The summed E-state index contributed by atoms with van der Waals surface area (Å²) in [7, 11) is 1.66. The molecule has 122 valence electrons. The van der Waals surface area contributed by atoms with E-state index < -0.39 is 0 Å². The number of nitrogens with zero attached hydrogens (tertiary/aromatic N) is 3. The molecule has 0 bridgehead atoms. The SMILES string of the molecule is COc1ccc(-c2nnc3n2-c2ccc(Cl)cc2NC[C@@H]3C)cc1. The van der Waals surface area contributed by atoms with Crippen molar-refractivity contribution in [3.8, 4) is 22.8 Å². The zero-order chi connectivity index (χ0) is 16.7. The first kappa shape index (κ1) is 15.0. The van der Waals surface area contributed by atoms with Gasteiger partial charge in [0.05, 0.1) is 18.5 Å². The Balaban J connectivity index is 1.92. The Morgan fingerprint density at radius 2 is 1.96 bits per heavy atom. The number of nitrogens with one attached hydrogen (secondary N) is 1. The van der Waals surface area contributed by atoms with Crippen LogP contribution in [0.3, 0.4) is 0 Å². The number of halogens is 1. The van der Waals surface area contributed by atoms with Gasteiger partial charge in [-0.3, -0.25) is 4.57 Å². The molecule has 1 aromatic heterocycles. The molecule has 0 unspecified atom stereocenters. The smallest absolute Gasteiger partial charge is 0.168 e. The normalized spacial score (nSPS) is 15.9. The third-order valence-corrected chi connectivity index (χ3v) is 4.51. The van der Waals surface area contributed by atoms with Crippen molar-refractivity contribution >= 4 is 17.3 Å². The molecular weight excluding hydrogens is 324 g/mol. The molecule has 0 saturated carbocycles. The Bertz CT molecular complexity index is 889. The van der Waals surface area contributed by atoms with E-state index in [-0.39, 0.29) is 5.92 Å². The zero-order valence-electron chi connectivity index (χ0n) is 13.5. The van der Waals surface area contributed by atoms with Crippen molar-refractivity contribution in [1.82, 2.24) is 14.8 Å². The highest BCUT2D eigenvalue weighted by Gasteiger charge is 2.25. The van der Waals surface area contributed by atoms with Crippen LogP contribution in [0, 0.1) is 0 Å². The number of fused-ring (bicyclic) bond motifs is 3. The molecule has 0 radical (unpaired) electrons. The number of rotatable bonds is 2. The van der Waals surface area contributed by atoms with Crippen LogP contribution in [-0.4, -0.2) is 28.4 Å². The number of methoxy groups -OCH3 is 1. The van der Waals surface area contributed by atoms with Crippen molar-refractivity contribution in [3.05, 3.63) is 53.3 Å². The summed E-state index contributed by atoms with van der Waals surface area (Å²) in [4.78, 5) is 0. The summed E-state index contributed by atoms with van der Waals surface area (Å²) in [5, 5.41) is 13.1. The minimum absolute atomic E-state index is 0.232. The highest BCUT2D eigenvalue weighted by molar-refractivity contribution is 6.31. The van der Waals surface area contributed by atoms with E-state index in [1.165, 1.54) is 0 Å². The fraction of sp³-hybridized carbons (Fsp3) is 0.222. The van der Waals surface area contributed by atoms with Crippen molar-refractivity contribution in [1.29, 1.82) is 0 Å². The van der Waals surface area contributed by atoms with Crippen LogP contribution in [0.1, 0.15) is 18.7 Å². The van der Waals surface area contributed by atoms with Crippen LogP contribution in [0.4, 0.5) is 5.69 Å². The highest BCUT2D eigenvalue weighted by Crippen LogP contribution is 2.35. The maximum Gasteiger partial charge on any atom is 0.168 e. The molecule has 0 saturated heterocycles. The van der Waals surface area contributed by atoms with Gasteiger partial charge in [0.1, 0.15) is 11.6 Å². The first-order valence-electron chi connectivity index (χ1n) is 7.81. The van der Waals surface area contributed by atoms with Crippen LogP contribution < -0.4 is 10.1 Å². The van der Waals surface area contributed by atoms with Gasteiger partial charge in [0.25, 0.3) is 0 Å². The summed E-state index contributed by atoms with van der Waals surface area (Å²) in [6.07, 6.45) is 0. The summed E-state index contributed by atoms with van der Waals surface area (Å²) in [6, 6.07) is 13.7. The summed E-state index contributed by atoms with van der Waals surface area (Å²) in [5.74, 6) is 2.80. The lowest BCUT2D eigenvalue weighted by Gasteiger charge is -2.12. The second-order valence-electron chi connectivity index (χ2n) is 5.89. The minimum Gasteiger partial charge on any atom is -0.497 e. The van der Waals surface area contributed by atoms with Crippen molar-refractivity contribution in [2.24, 2.45) is 0 Å². The highest BCUT2D eigenvalue weighted by atomic mass is 35.5. The van der Waals surface area contributed by atoms with E-state index in [2.05, 4.69) is 27.0 Å². The molecule has 2 aromatic carbocycles. The average Bonchev–Trinajstić information content (AvgIpc) is 2.99. The van der Waals surface area contributed by atoms with E-state index in [1.54, 1.807) is 7.11 Å². The van der Waals surface area contributed by atoms with E-state index in [0.717, 1.165) is 40.9 Å². The first-order valence-corrected chi connectivity index (χ1v) is 8.18. The second-order valence-corrected chi connectivity index (χ2v) is 6.33. The summed E-state index contributed by atoms with van der Waals surface area (Å²) < 4.78 is 7.35. The third-order valence-electron chi connectivity index (χ3n) is 4.28. The molecule has 1 N–H and O–H groups in total. The quantitative estimate of drug-likeness (QED) is 0.762. The van der Waals surface area contributed by atoms with Crippen molar-refractivity contribution < 1.29 is 4.74 Å². The van der Waals surface area contributed by atoms with Crippen LogP contribution >= 0.6 is 11.6 Å². The Morgan fingerprint density at radius 3 is 2.71 bits per heavy atom. The topological polar surface area (TPSA) is 52.0 Å². The van der Waals surface area contributed by atoms with Gasteiger partial charge in [-0.25, -0.2) is 0 Å². The van der Waals surface area contributed by atoms with Gasteiger partial charge in [-0.05, 0) is 42.5 Å². The molecular formula is C18H17ClN4O. The summed E-state index contributed by atoms with van der Waals surface area (Å²) in [6.45, 7) is 2.92. The zero-order valence-corrected chi connectivity index (χ0v) is 14.2. The van der Waals surface area contributed by atoms with E-state index >= 15 is 0 Å². The maximum absolute atomic E-state index is 6.16. The number of hydrogen-bond donors (Lipinski definition) is 1. The van der Waals surface area contributed by atoms with Gasteiger partial charge in [0, 0.05) is 23.0 Å². The summed E-state index contributed by atoms with van der Waals surface area (Å²) in [5.41, 5.74) is 2.99. The molecule has 2 heterocycles. The van der Waals surface area contributed by atoms with Gasteiger partial charge in [-0.15, -0.1) is 10.2 Å². The monoisotopic (exact) mass is 340 g/mol. The summed E-state index contributed by atoms with van der Waals surface area (Å²) >= 11 is 6.16. The lowest BCUT2D eigenvalue weighted by Crippen LogP contribution is -2.09. The van der Waals surface area contributed by atoms with Crippen molar-refractivity contribution in [2.45, 2.75) is 12.8 Å². The lowest BCUT2D eigenvalue weighted by atomic mass is 10.1. The van der Waals surface area contributed by atoms with Crippen molar-refractivity contribution in [3.63, 3.8) is 0 Å². The van der Waals surface area contributed by atoms with Gasteiger partial charge in [0.2, 0.25) is 0 Å². The van der Waals surface area contributed by atoms with E-state index in [9.17, 15) is 0 Å². The largest absolute Gasteiger partial charge is 0.497 e. The molecule has 0 amide bonds. The van der Waals surface area contributed by atoms with Gasteiger partial charge >= 0.3 is 0 Å². The van der Waals surface area contributed by atoms with Gasteiger partial charge in [-0.2, -0.15) is 0 Å². The number of benzene rings is 2.